The molecular weight excluding hydrogens is 380 g/mol. The van der Waals surface area contributed by atoms with Crippen molar-refractivity contribution >= 4 is 11.6 Å². The predicted octanol–water partition coefficient (Wildman–Crippen LogP) is 4.55. The van der Waals surface area contributed by atoms with Crippen LogP contribution in [0.3, 0.4) is 0 Å². The Morgan fingerprint density at radius 3 is 2.20 bits per heavy atom. The molecule has 0 saturated carbocycles. The largest absolute Gasteiger partial charge is 0.493 e. The summed E-state index contributed by atoms with van der Waals surface area (Å²) in [6.45, 7) is 5.77. The highest BCUT2D eigenvalue weighted by atomic mass is 16.5. The van der Waals surface area contributed by atoms with Crippen LogP contribution in [0.5, 0.6) is 17.2 Å². The Kier molecular flexibility index (Phi) is 7.08. The maximum atomic E-state index is 13.2. The van der Waals surface area contributed by atoms with Crippen molar-refractivity contribution < 1.29 is 19.0 Å². The van der Waals surface area contributed by atoms with Gasteiger partial charge in [0, 0.05) is 30.4 Å². The molecule has 2 aromatic carbocycles. The fraction of sp³-hybridized carbons (Fsp3) is 0.458. The Balaban J connectivity index is 1.72. The Morgan fingerprint density at radius 2 is 1.67 bits per heavy atom. The van der Waals surface area contributed by atoms with E-state index in [1.165, 1.54) is 5.56 Å². The van der Waals surface area contributed by atoms with Gasteiger partial charge in [-0.25, -0.2) is 0 Å². The maximum Gasteiger partial charge on any atom is 0.254 e. The molecule has 0 aromatic heterocycles. The second-order valence-electron chi connectivity index (χ2n) is 7.93. The lowest BCUT2D eigenvalue weighted by Gasteiger charge is -2.34. The molecule has 2 aromatic rings. The van der Waals surface area contributed by atoms with Gasteiger partial charge in [-0.15, -0.1) is 0 Å². The Labute approximate surface area is 179 Å². The fourth-order valence-corrected chi connectivity index (χ4v) is 3.87. The SMILES string of the molecule is COc1cc(C(=O)N2CCC[C@@H](Nc3ccc(C(C)C)cc3)C2)cc(OC)c1OC. The lowest BCUT2D eigenvalue weighted by atomic mass is 10.0. The van der Waals surface area contributed by atoms with Gasteiger partial charge in [-0.3, -0.25) is 4.79 Å². The van der Waals surface area contributed by atoms with Crippen LogP contribution in [0.4, 0.5) is 5.69 Å². The summed E-state index contributed by atoms with van der Waals surface area (Å²) in [5.74, 6) is 1.94. The molecular formula is C24H32N2O4. The Bertz CT molecular complexity index is 839. The number of nitrogens with zero attached hydrogens (tertiary/aromatic N) is 1. The van der Waals surface area contributed by atoms with Crippen LogP contribution in [0, 0.1) is 0 Å². The van der Waals surface area contributed by atoms with E-state index in [1.54, 1.807) is 33.5 Å². The molecule has 1 atom stereocenters. The van der Waals surface area contributed by atoms with Crippen LogP contribution >= 0.6 is 0 Å². The average Bonchev–Trinajstić information content (AvgIpc) is 2.78. The fourth-order valence-electron chi connectivity index (χ4n) is 3.87. The first-order valence-corrected chi connectivity index (χ1v) is 10.4. The second-order valence-corrected chi connectivity index (χ2v) is 7.93. The standard InChI is InChI=1S/C24H32N2O4/c1-16(2)17-8-10-19(11-9-17)25-20-7-6-12-26(15-20)24(27)18-13-21(28-3)23(30-5)22(14-18)29-4/h8-11,13-14,16,20,25H,6-7,12,15H2,1-5H3/t20-/m1/s1. The van der Waals surface area contributed by atoms with Crippen LogP contribution in [0.15, 0.2) is 36.4 Å². The van der Waals surface area contributed by atoms with E-state index in [-0.39, 0.29) is 11.9 Å². The number of hydrogen-bond acceptors (Lipinski definition) is 5. The van der Waals surface area contributed by atoms with Crippen LogP contribution in [-0.2, 0) is 0 Å². The van der Waals surface area contributed by atoms with Crippen molar-refractivity contribution in [2.75, 3.05) is 39.7 Å². The van der Waals surface area contributed by atoms with E-state index in [4.69, 9.17) is 14.2 Å². The number of anilines is 1. The summed E-state index contributed by atoms with van der Waals surface area (Å²) in [5, 5.41) is 3.58. The normalized spacial score (nSPS) is 16.3. The van der Waals surface area contributed by atoms with E-state index in [2.05, 4.69) is 43.4 Å². The zero-order valence-corrected chi connectivity index (χ0v) is 18.5. The lowest BCUT2D eigenvalue weighted by Crippen LogP contribution is -2.45. The van der Waals surface area contributed by atoms with Crippen molar-refractivity contribution in [2.24, 2.45) is 0 Å². The number of rotatable bonds is 7. The van der Waals surface area contributed by atoms with Crippen LogP contribution in [-0.4, -0.2) is 51.3 Å². The highest BCUT2D eigenvalue weighted by molar-refractivity contribution is 5.95. The molecule has 3 rings (SSSR count). The minimum absolute atomic E-state index is 0.0316. The number of ether oxygens (including phenoxy) is 3. The summed E-state index contributed by atoms with van der Waals surface area (Å²) in [4.78, 5) is 15.1. The molecule has 0 unspecified atom stereocenters. The molecule has 6 heteroatoms. The molecule has 1 N–H and O–H groups in total. The van der Waals surface area contributed by atoms with Crippen molar-refractivity contribution in [3.05, 3.63) is 47.5 Å². The molecule has 1 aliphatic rings. The number of nitrogens with one attached hydrogen (secondary N) is 1. The number of likely N-dealkylation sites (tertiary alicyclic amines) is 1. The van der Waals surface area contributed by atoms with Crippen molar-refractivity contribution in [3.63, 3.8) is 0 Å². The third-order valence-electron chi connectivity index (χ3n) is 5.57. The molecule has 1 fully saturated rings. The van der Waals surface area contributed by atoms with Gasteiger partial charge < -0.3 is 24.4 Å². The van der Waals surface area contributed by atoms with E-state index in [0.717, 1.165) is 25.1 Å². The van der Waals surface area contributed by atoms with Gasteiger partial charge >= 0.3 is 0 Å². The molecule has 1 saturated heterocycles. The van der Waals surface area contributed by atoms with Crippen molar-refractivity contribution in [2.45, 2.75) is 38.6 Å². The molecule has 1 amide bonds. The predicted molar refractivity (Wildman–Crippen MR) is 119 cm³/mol. The number of benzene rings is 2. The van der Waals surface area contributed by atoms with Gasteiger partial charge in [0.25, 0.3) is 5.91 Å². The highest BCUT2D eigenvalue weighted by Crippen LogP contribution is 2.38. The third-order valence-corrected chi connectivity index (χ3v) is 5.57. The zero-order valence-electron chi connectivity index (χ0n) is 18.5. The molecule has 30 heavy (non-hydrogen) atoms. The molecule has 0 aliphatic carbocycles. The Hall–Kier alpha value is -2.89. The smallest absolute Gasteiger partial charge is 0.254 e. The molecule has 162 valence electrons. The number of piperidine rings is 1. The molecule has 6 nitrogen and oxygen atoms in total. The summed E-state index contributed by atoms with van der Waals surface area (Å²) in [6, 6.07) is 12.2. The van der Waals surface area contributed by atoms with Crippen LogP contribution in [0.25, 0.3) is 0 Å². The third kappa shape index (κ3) is 4.81. The first-order valence-electron chi connectivity index (χ1n) is 10.4. The molecule has 0 radical (unpaired) electrons. The molecule has 1 aliphatic heterocycles. The lowest BCUT2D eigenvalue weighted by molar-refractivity contribution is 0.0714. The summed E-state index contributed by atoms with van der Waals surface area (Å²) >= 11 is 0. The minimum Gasteiger partial charge on any atom is -0.493 e. The van der Waals surface area contributed by atoms with E-state index in [1.807, 2.05) is 4.90 Å². The summed E-state index contributed by atoms with van der Waals surface area (Å²) in [7, 11) is 4.66. The molecule has 1 heterocycles. The van der Waals surface area contributed by atoms with Gasteiger partial charge in [0.2, 0.25) is 5.75 Å². The number of carbonyl (C=O) groups is 1. The average molecular weight is 413 g/mol. The van der Waals surface area contributed by atoms with Gasteiger partial charge in [-0.2, -0.15) is 0 Å². The second kappa shape index (κ2) is 9.74. The number of amides is 1. The van der Waals surface area contributed by atoms with Gasteiger partial charge in [-0.05, 0) is 48.6 Å². The van der Waals surface area contributed by atoms with Gasteiger partial charge in [0.1, 0.15) is 0 Å². The maximum absolute atomic E-state index is 13.2. The first-order chi connectivity index (χ1) is 14.5. The summed E-state index contributed by atoms with van der Waals surface area (Å²) in [5.41, 5.74) is 2.95. The monoisotopic (exact) mass is 412 g/mol. The molecule has 0 spiro atoms. The summed E-state index contributed by atoms with van der Waals surface area (Å²) in [6.07, 6.45) is 1.99. The van der Waals surface area contributed by atoms with Crippen LogP contribution in [0.2, 0.25) is 0 Å². The van der Waals surface area contributed by atoms with Crippen LogP contribution in [0.1, 0.15) is 48.5 Å². The molecule has 0 bridgehead atoms. The van der Waals surface area contributed by atoms with Gasteiger partial charge in [0.15, 0.2) is 11.5 Å². The van der Waals surface area contributed by atoms with E-state index < -0.39 is 0 Å². The van der Waals surface area contributed by atoms with E-state index in [9.17, 15) is 4.79 Å². The first kappa shape index (κ1) is 21.8. The van der Waals surface area contributed by atoms with E-state index >= 15 is 0 Å². The summed E-state index contributed by atoms with van der Waals surface area (Å²) < 4.78 is 16.2. The van der Waals surface area contributed by atoms with Gasteiger partial charge in [0.05, 0.1) is 21.3 Å². The van der Waals surface area contributed by atoms with Crippen molar-refractivity contribution in [3.8, 4) is 17.2 Å². The van der Waals surface area contributed by atoms with Crippen molar-refractivity contribution in [1.82, 2.24) is 4.90 Å². The van der Waals surface area contributed by atoms with Crippen LogP contribution < -0.4 is 19.5 Å². The minimum atomic E-state index is -0.0316. The zero-order chi connectivity index (χ0) is 21.7. The quantitative estimate of drug-likeness (QED) is 0.723. The number of carbonyl (C=O) groups excluding carboxylic acids is 1. The highest BCUT2D eigenvalue weighted by Gasteiger charge is 2.26. The van der Waals surface area contributed by atoms with E-state index in [0.29, 0.717) is 35.3 Å². The topological polar surface area (TPSA) is 60.0 Å². The Morgan fingerprint density at radius 1 is 1.03 bits per heavy atom. The number of methoxy groups -OCH3 is 3. The van der Waals surface area contributed by atoms with Crippen molar-refractivity contribution in [1.29, 1.82) is 0 Å². The van der Waals surface area contributed by atoms with Gasteiger partial charge in [-0.1, -0.05) is 26.0 Å². The number of hydrogen-bond donors (Lipinski definition) is 1.